The van der Waals surface area contributed by atoms with Crippen molar-refractivity contribution in [2.45, 2.75) is 12.6 Å². The van der Waals surface area contributed by atoms with Crippen LogP contribution in [0.5, 0.6) is 5.75 Å². The lowest BCUT2D eigenvalue weighted by atomic mass is 10.1. The van der Waals surface area contributed by atoms with Gasteiger partial charge < -0.3 is 15.4 Å². The van der Waals surface area contributed by atoms with Gasteiger partial charge in [0.1, 0.15) is 5.75 Å². The van der Waals surface area contributed by atoms with Crippen LogP contribution in [0.15, 0.2) is 46.5 Å². The molecule has 1 aliphatic rings. The molecule has 0 atom stereocenters. The van der Waals surface area contributed by atoms with Gasteiger partial charge in [0.15, 0.2) is 0 Å². The van der Waals surface area contributed by atoms with Crippen LogP contribution in [0, 0.1) is 0 Å². The summed E-state index contributed by atoms with van der Waals surface area (Å²) >= 11 is 12.0. The van der Waals surface area contributed by atoms with Crippen molar-refractivity contribution in [3.8, 4) is 5.75 Å². The molecule has 11 heteroatoms. The Morgan fingerprint density at radius 2 is 1.90 bits per heavy atom. The molecule has 3 rings (SSSR count). The van der Waals surface area contributed by atoms with E-state index in [0.717, 1.165) is 12.1 Å². The van der Waals surface area contributed by atoms with Gasteiger partial charge in [0.2, 0.25) is 0 Å². The number of urea groups is 1. The van der Waals surface area contributed by atoms with Crippen LogP contribution >= 0.6 is 23.2 Å². The minimum Gasteiger partial charge on any atom is -0.496 e. The normalized spacial score (nSPS) is 14.0. The zero-order valence-corrected chi connectivity index (χ0v) is 17.9. The predicted molar refractivity (Wildman–Crippen MR) is 116 cm³/mol. The van der Waals surface area contributed by atoms with Crippen molar-refractivity contribution in [3.05, 3.63) is 57.6 Å². The molecule has 2 aromatic rings. The maximum Gasteiger partial charge on any atom is 0.418 e. The van der Waals surface area contributed by atoms with Crippen LogP contribution in [0.25, 0.3) is 5.70 Å². The largest absolute Gasteiger partial charge is 0.496 e. The first-order valence-corrected chi connectivity index (χ1v) is 9.63. The molecule has 2 amide bonds. The Balaban J connectivity index is 1.87. The van der Waals surface area contributed by atoms with Crippen molar-refractivity contribution in [3.63, 3.8) is 0 Å². The number of carbonyl (C=O) groups excluding carboxylic acids is 1. The summed E-state index contributed by atoms with van der Waals surface area (Å²) < 4.78 is 45.1. The van der Waals surface area contributed by atoms with Gasteiger partial charge in [0.05, 0.1) is 24.1 Å². The number of ether oxygens (including phenoxy) is 1. The minimum atomic E-state index is -4.68. The number of nitrogens with one attached hydrogen (secondary N) is 2. The van der Waals surface area contributed by atoms with Gasteiger partial charge in [0.25, 0.3) is 0 Å². The van der Waals surface area contributed by atoms with Gasteiger partial charge in [0, 0.05) is 41.0 Å². The van der Waals surface area contributed by atoms with Crippen LogP contribution in [0.3, 0.4) is 0 Å². The van der Waals surface area contributed by atoms with E-state index in [0.29, 0.717) is 34.2 Å². The Bertz CT molecular complexity index is 1070. The topological polar surface area (TPSA) is 66.0 Å². The van der Waals surface area contributed by atoms with Gasteiger partial charge in [-0.3, -0.25) is 5.01 Å². The van der Waals surface area contributed by atoms with Crippen LogP contribution in [0.4, 0.5) is 29.3 Å². The molecule has 2 aromatic carbocycles. The van der Waals surface area contributed by atoms with Crippen molar-refractivity contribution >= 4 is 52.5 Å². The quantitative estimate of drug-likeness (QED) is 0.553. The number of alkyl halides is 3. The molecule has 0 bridgehead atoms. The smallest absolute Gasteiger partial charge is 0.418 e. The molecule has 2 N–H and O–H groups in total. The number of hydrogen-bond donors (Lipinski definition) is 2. The van der Waals surface area contributed by atoms with Crippen LogP contribution < -0.4 is 15.4 Å². The van der Waals surface area contributed by atoms with Crippen molar-refractivity contribution in [2.24, 2.45) is 5.10 Å². The van der Waals surface area contributed by atoms with E-state index in [1.165, 1.54) is 13.2 Å². The van der Waals surface area contributed by atoms with Gasteiger partial charge in [-0.15, -0.1) is 0 Å². The zero-order chi connectivity index (χ0) is 22.8. The SMILES string of the molecule is COc1ccc(NC(=O)Nc2ccc(Cl)cc2C(F)(F)F)cc1C1=C(Cl)CC=NN1C. The molecule has 0 aliphatic carbocycles. The fraction of sp³-hybridized carbons (Fsp3) is 0.200. The maximum absolute atomic E-state index is 13.2. The number of methoxy groups -OCH3 is 1. The third-order valence-electron chi connectivity index (χ3n) is 4.35. The second kappa shape index (κ2) is 9.07. The maximum atomic E-state index is 13.2. The lowest BCUT2D eigenvalue weighted by Crippen LogP contribution is -2.22. The van der Waals surface area contributed by atoms with Crippen LogP contribution in [-0.2, 0) is 6.18 Å². The van der Waals surface area contributed by atoms with Crippen LogP contribution in [0.1, 0.15) is 17.5 Å². The number of halogens is 5. The molecule has 0 saturated heterocycles. The summed E-state index contributed by atoms with van der Waals surface area (Å²) in [6.45, 7) is 0. The highest BCUT2D eigenvalue weighted by Crippen LogP contribution is 2.38. The first kappa shape index (κ1) is 22.8. The lowest BCUT2D eigenvalue weighted by Gasteiger charge is -2.24. The van der Waals surface area contributed by atoms with E-state index in [4.69, 9.17) is 27.9 Å². The van der Waals surface area contributed by atoms with Gasteiger partial charge >= 0.3 is 12.2 Å². The molecule has 31 heavy (non-hydrogen) atoms. The van der Waals surface area contributed by atoms with E-state index in [1.54, 1.807) is 36.5 Å². The van der Waals surface area contributed by atoms with Crippen molar-refractivity contribution in [1.29, 1.82) is 0 Å². The van der Waals surface area contributed by atoms with Gasteiger partial charge in [-0.25, -0.2) is 4.79 Å². The number of allylic oxidation sites excluding steroid dienone is 1. The predicted octanol–water partition coefficient (Wildman–Crippen LogP) is 6.24. The number of carbonyl (C=O) groups is 1. The highest BCUT2D eigenvalue weighted by atomic mass is 35.5. The average molecular weight is 473 g/mol. The Morgan fingerprint density at radius 3 is 2.55 bits per heavy atom. The monoisotopic (exact) mass is 472 g/mol. The number of rotatable bonds is 4. The van der Waals surface area contributed by atoms with E-state index in [-0.39, 0.29) is 5.02 Å². The summed E-state index contributed by atoms with van der Waals surface area (Å²) in [6, 6.07) is 6.98. The summed E-state index contributed by atoms with van der Waals surface area (Å²) in [5.74, 6) is 0.486. The number of benzene rings is 2. The summed E-state index contributed by atoms with van der Waals surface area (Å²) in [5, 5.41) is 10.9. The summed E-state index contributed by atoms with van der Waals surface area (Å²) in [5.41, 5.74) is -0.00978. The highest BCUT2D eigenvalue weighted by molar-refractivity contribution is 6.33. The molecule has 6 nitrogen and oxygen atoms in total. The minimum absolute atomic E-state index is 0.0949. The highest BCUT2D eigenvalue weighted by Gasteiger charge is 2.34. The van der Waals surface area contributed by atoms with Crippen LogP contribution in [0.2, 0.25) is 5.02 Å². The molecule has 1 heterocycles. The molecule has 1 aliphatic heterocycles. The Labute approximate surface area is 186 Å². The number of nitrogens with zero attached hydrogens (tertiary/aromatic N) is 2. The molecule has 0 unspecified atom stereocenters. The Morgan fingerprint density at radius 1 is 1.16 bits per heavy atom. The molecular weight excluding hydrogens is 456 g/mol. The molecule has 164 valence electrons. The number of hydrogen-bond acceptors (Lipinski definition) is 4. The lowest BCUT2D eigenvalue weighted by molar-refractivity contribution is -0.136. The summed E-state index contributed by atoms with van der Waals surface area (Å²) in [4.78, 5) is 12.4. The first-order valence-electron chi connectivity index (χ1n) is 8.88. The molecule has 0 saturated carbocycles. The fourth-order valence-corrected chi connectivity index (χ4v) is 3.47. The van der Waals surface area contributed by atoms with E-state index in [1.807, 2.05) is 0 Å². The molecule has 0 fully saturated rings. The molecule has 0 spiro atoms. The molecule has 0 aromatic heterocycles. The number of anilines is 2. The summed E-state index contributed by atoms with van der Waals surface area (Å²) in [7, 11) is 3.19. The van der Waals surface area contributed by atoms with E-state index in [9.17, 15) is 18.0 Å². The molecular formula is C20H17Cl2F3N4O2. The van der Waals surface area contributed by atoms with Gasteiger partial charge in [-0.1, -0.05) is 23.2 Å². The second-order valence-electron chi connectivity index (χ2n) is 6.46. The standard InChI is InChI=1S/C20H17Cl2F3N4O2/c1-29-18(15(22)7-8-26-29)13-10-12(4-6-17(13)31-2)27-19(30)28-16-5-3-11(21)9-14(16)20(23,24)25/h3-6,8-10H,7H2,1-2H3,(H2,27,28,30). The van der Waals surface area contributed by atoms with Crippen molar-refractivity contribution in [2.75, 3.05) is 24.8 Å². The van der Waals surface area contributed by atoms with Gasteiger partial charge in [-0.2, -0.15) is 18.3 Å². The second-order valence-corrected chi connectivity index (χ2v) is 7.35. The number of amides is 2. The van der Waals surface area contributed by atoms with Crippen molar-refractivity contribution in [1.82, 2.24) is 5.01 Å². The Kier molecular flexibility index (Phi) is 6.66. The zero-order valence-electron chi connectivity index (χ0n) is 16.3. The van der Waals surface area contributed by atoms with Crippen molar-refractivity contribution < 1.29 is 22.7 Å². The van der Waals surface area contributed by atoms with Gasteiger partial charge in [-0.05, 0) is 36.4 Å². The van der Waals surface area contributed by atoms with E-state index in [2.05, 4.69) is 15.7 Å². The van der Waals surface area contributed by atoms with E-state index < -0.39 is 23.5 Å². The number of hydrazone groups is 1. The summed E-state index contributed by atoms with van der Waals surface area (Å²) in [6.07, 6.45) is -2.60. The molecule has 0 radical (unpaired) electrons. The first-order chi connectivity index (χ1) is 14.6. The average Bonchev–Trinajstić information content (AvgIpc) is 2.68. The fourth-order valence-electron chi connectivity index (χ4n) is 3.01. The third-order valence-corrected chi connectivity index (χ3v) is 4.92. The van der Waals surface area contributed by atoms with E-state index >= 15 is 0 Å². The third kappa shape index (κ3) is 5.23. The van der Waals surface area contributed by atoms with Crippen LogP contribution in [-0.4, -0.2) is 31.4 Å². The Hall–Kier alpha value is -2.91.